The highest BCUT2D eigenvalue weighted by Gasteiger charge is 2.25. The van der Waals surface area contributed by atoms with Crippen molar-refractivity contribution in [3.63, 3.8) is 0 Å². The Balaban J connectivity index is 1.55. The van der Waals surface area contributed by atoms with Crippen LogP contribution in [0.5, 0.6) is 11.5 Å². The van der Waals surface area contributed by atoms with E-state index in [2.05, 4.69) is 4.98 Å². The van der Waals surface area contributed by atoms with Gasteiger partial charge in [-0.2, -0.15) is 4.31 Å². The molecule has 0 N–H and O–H groups in total. The number of rotatable bonds is 11. The average molecular weight is 489 g/mol. The van der Waals surface area contributed by atoms with Gasteiger partial charge in [0.15, 0.2) is 11.5 Å². The van der Waals surface area contributed by atoms with Crippen LogP contribution in [0.1, 0.15) is 16.8 Å². The lowest BCUT2D eigenvalue weighted by molar-refractivity contribution is 0.284. The first-order chi connectivity index (χ1) is 17.1. The smallest absolute Gasteiger partial charge is 0.243 e. The standard InChI is InChI=1S/C28H28N2O4S/c1-33-28-20-24(15-16-27(28)34-22-23-10-4-2-5-11-23)21-30(19-17-25-12-8-9-18-29-25)35(31,32)26-13-6-3-7-14-26/h2-16,18,20H,17,19,21-22H2,1H3. The molecule has 6 nitrogen and oxygen atoms in total. The predicted octanol–water partition coefficient (Wildman–Crippen LogP) is 5.10. The minimum Gasteiger partial charge on any atom is -0.493 e. The maximum absolute atomic E-state index is 13.5. The summed E-state index contributed by atoms with van der Waals surface area (Å²) >= 11 is 0. The molecule has 0 aliphatic heterocycles. The SMILES string of the molecule is COc1cc(CN(CCc2ccccn2)S(=O)(=O)c2ccccc2)ccc1OCc1ccccc1. The number of benzene rings is 3. The van der Waals surface area contributed by atoms with Crippen LogP contribution in [0.2, 0.25) is 0 Å². The number of sulfonamides is 1. The number of ether oxygens (including phenoxy) is 2. The zero-order valence-corrected chi connectivity index (χ0v) is 20.4. The van der Waals surface area contributed by atoms with Gasteiger partial charge in [0.25, 0.3) is 0 Å². The summed E-state index contributed by atoms with van der Waals surface area (Å²) in [5.41, 5.74) is 2.69. The number of nitrogens with zero attached hydrogens (tertiary/aromatic N) is 2. The van der Waals surface area contributed by atoms with E-state index < -0.39 is 10.0 Å². The van der Waals surface area contributed by atoms with Crippen LogP contribution in [0.15, 0.2) is 108 Å². The molecule has 180 valence electrons. The second-order valence-electron chi connectivity index (χ2n) is 7.98. The molecule has 1 aromatic heterocycles. The fourth-order valence-electron chi connectivity index (χ4n) is 3.68. The molecule has 4 aromatic rings. The Morgan fingerprint density at radius 1 is 0.800 bits per heavy atom. The Kier molecular flexibility index (Phi) is 8.13. The van der Waals surface area contributed by atoms with E-state index in [0.29, 0.717) is 31.1 Å². The fraction of sp³-hybridized carbons (Fsp3) is 0.179. The summed E-state index contributed by atoms with van der Waals surface area (Å²) in [6.07, 6.45) is 2.21. The number of aromatic nitrogens is 1. The Bertz CT molecular complexity index is 1320. The molecule has 4 rings (SSSR count). The summed E-state index contributed by atoms with van der Waals surface area (Å²) in [6, 6.07) is 29.5. The lowest BCUT2D eigenvalue weighted by atomic mass is 10.2. The van der Waals surface area contributed by atoms with E-state index in [0.717, 1.165) is 16.8 Å². The lowest BCUT2D eigenvalue weighted by Gasteiger charge is -2.23. The summed E-state index contributed by atoms with van der Waals surface area (Å²) < 4.78 is 40.0. The molecule has 0 aliphatic rings. The molecular weight excluding hydrogens is 460 g/mol. The van der Waals surface area contributed by atoms with Gasteiger partial charge < -0.3 is 9.47 Å². The summed E-state index contributed by atoms with van der Waals surface area (Å²) in [4.78, 5) is 4.60. The Hall–Kier alpha value is -3.68. The molecule has 0 saturated carbocycles. The number of hydrogen-bond acceptors (Lipinski definition) is 5. The lowest BCUT2D eigenvalue weighted by Crippen LogP contribution is -2.32. The maximum Gasteiger partial charge on any atom is 0.243 e. The molecule has 1 heterocycles. The summed E-state index contributed by atoms with van der Waals surface area (Å²) in [5, 5.41) is 0. The molecule has 0 saturated heterocycles. The second kappa shape index (κ2) is 11.6. The van der Waals surface area contributed by atoms with Gasteiger partial charge in [0.05, 0.1) is 12.0 Å². The molecule has 7 heteroatoms. The zero-order valence-electron chi connectivity index (χ0n) is 19.6. The number of pyridine rings is 1. The highest BCUT2D eigenvalue weighted by atomic mass is 32.2. The van der Waals surface area contributed by atoms with Crippen molar-refractivity contribution in [2.24, 2.45) is 0 Å². The van der Waals surface area contributed by atoms with Crippen molar-refractivity contribution in [1.29, 1.82) is 0 Å². The minimum atomic E-state index is -3.71. The van der Waals surface area contributed by atoms with E-state index in [1.807, 2.05) is 66.7 Å². The Morgan fingerprint density at radius 3 is 2.20 bits per heavy atom. The van der Waals surface area contributed by atoms with Gasteiger partial charge in [-0.15, -0.1) is 0 Å². The molecule has 0 radical (unpaired) electrons. The molecule has 3 aromatic carbocycles. The van der Waals surface area contributed by atoms with E-state index in [1.54, 1.807) is 43.6 Å². The van der Waals surface area contributed by atoms with Gasteiger partial charge in [-0.3, -0.25) is 4.98 Å². The second-order valence-corrected chi connectivity index (χ2v) is 9.92. The monoisotopic (exact) mass is 488 g/mol. The van der Waals surface area contributed by atoms with Gasteiger partial charge in [0.1, 0.15) is 6.61 Å². The fourth-order valence-corrected chi connectivity index (χ4v) is 5.13. The molecular formula is C28H28N2O4S. The van der Waals surface area contributed by atoms with Crippen LogP contribution in [0.25, 0.3) is 0 Å². The highest BCUT2D eigenvalue weighted by Crippen LogP contribution is 2.30. The molecule has 0 bridgehead atoms. The van der Waals surface area contributed by atoms with Crippen LogP contribution in [0, 0.1) is 0 Å². The van der Waals surface area contributed by atoms with Gasteiger partial charge in [-0.25, -0.2) is 8.42 Å². The molecule has 0 aliphatic carbocycles. The van der Waals surface area contributed by atoms with Crippen LogP contribution in [-0.2, 0) is 29.6 Å². The van der Waals surface area contributed by atoms with Crippen LogP contribution >= 0.6 is 0 Å². The number of methoxy groups -OCH3 is 1. The third-order valence-electron chi connectivity index (χ3n) is 5.55. The quantitative estimate of drug-likeness (QED) is 0.294. The van der Waals surface area contributed by atoms with Crippen molar-refractivity contribution in [3.05, 3.63) is 120 Å². The van der Waals surface area contributed by atoms with Crippen LogP contribution in [0.3, 0.4) is 0 Å². The van der Waals surface area contributed by atoms with E-state index in [1.165, 1.54) is 4.31 Å². The van der Waals surface area contributed by atoms with Crippen LogP contribution in [-0.4, -0.2) is 31.4 Å². The molecule has 0 unspecified atom stereocenters. The third kappa shape index (κ3) is 6.47. The van der Waals surface area contributed by atoms with E-state index >= 15 is 0 Å². The maximum atomic E-state index is 13.5. The Labute approximate surface area is 206 Å². The summed E-state index contributed by atoms with van der Waals surface area (Å²) in [6.45, 7) is 0.900. The van der Waals surface area contributed by atoms with Crippen molar-refractivity contribution in [2.45, 2.75) is 24.5 Å². The van der Waals surface area contributed by atoms with Crippen LogP contribution in [0.4, 0.5) is 0 Å². The molecule has 35 heavy (non-hydrogen) atoms. The first kappa shape index (κ1) is 24.4. The number of hydrogen-bond donors (Lipinski definition) is 0. The van der Waals surface area contributed by atoms with E-state index in [9.17, 15) is 8.42 Å². The largest absolute Gasteiger partial charge is 0.493 e. The van der Waals surface area contributed by atoms with Crippen molar-refractivity contribution < 1.29 is 17.9 Å². The normalized spacial score (nSPS) is 11.4. The third-order valence-corrected chi connectivity index (χ3v) is 7.41. The minimum absolute atomic E-state index is 0.194. The van der Waals surface area contributed by atoms with Crippen LogP contribution < -0.4 is 9.47 Å². The van der Waals surface area contributed by atoms with Crippen molar-refractivity contribution in [1.82, 2.24) is 9.29 Å². The Morgan fingerprint density at radius 2 is 1.51 bits per heavy atom. The first-order valence-electron chi connectivity index (χ1n) is 11.3. The van der Waals surface area contributed by atoms with E-state index in [4.69, 9.17) is 9.47 Å². The van der Waals surface area contributed by atoms with Gasteiger partial charge in [-0.1, -0.05) is 60.7 Å². The topological polar surface area (TPSA) is 68.7 Å². The van der Waals surface area contributed by atoms with Gasteiger partial charge in [-0.05, 0) is 47.5 Å². The summed E-state index contributed by atoms with van der Waals surface area (Å²) in [7, 11) is -2.13. The van der Waals surface area contributed by atoms with Crippen molar-refractivity contribution in [2.75, 3.05) is 13.7 Å². The van der Waals surface area contributed by atoms with Crippen molar-refractivity contribution >= 4 is 10.0 Å². The molecule has 0 fully saturated rings. The van der Waals surface area contributed by atoms with Gasteiger partial charge in [0, 0.05) is 31.4 Å². The summed E-state index contributed by atoms with van der Waals surface area (Å²) in [5.74, 6) is 1.16. The van der Waals surface area contributed by atoms with Crippen molar-refractivity contribution in [3.8, 4) is 11.5 Å². The average Bonchev–Trinajstić information content (AvgIpc) is 2.91. The predicted molar refractivity (Wildman–Crippen MR) is 136 cm³/mol. The first-order valence-corrected chi connectivity index (χ1v) is 12.8. The van der Waals surface area contributed by atoms with E-state index in [-0.39, 0.29) is 11.4 Å². The highest BCUT2D eigenvalue weighted by molar-refractivity contribution is 7.89. The molecule has 0 atom stereocenters. The van der Waals surface area contributed by atoms with Gasteiger partial charge in [0.2, 0.25) is 10.0 Å². The zero-order chi connectivity index (χ0) is 24.5. The van der Waals surface area contributed by atoms with Gasteiger partial charge >= 0.3 is 0 Å². The molecule has 0 amide bonds. The molecule has 0 spiro atoms.